The molecule has 5 heteroatoms. The van der Waals surface area contributed by atoms with Crippen molar-refractivity contribution in [3.8, 4) is 0 Å². The molecule has 0 aliphatic heterocycles. The molecule has 4 rings (SSSR count). The number of carbonyl (C=O) groups excluding carboxylic acids is 1. The van der Waals surface area contributed by atoms with E-state index < -0.39 is 0 Å². The molecular formula is C19H24ClFN2O. The smallest absolute Gasteiger partial charge is 0.223 e. The molecule has 3 aliphatic carbocycles. The van der Waals surface area contributed by atoms with Gasteiger partial charge in [-0.25, -0.2) is 4.39 Å². The number of halogens is 2. The summed E-state index contributed by atoms with van der Waals surface area (Å²) in [7, 11) is 0. The highest BCUT2D eigenvalue weighted by molar-refractivity contribution is 6.31. The normalized spacial score (nSPS) is 37.8. The summed E-state index contributed by atoms with van der Waals surface area (Å²) >= 11 is 6.13. The lowest BCUT2D eigenvalue weighted by molar-refractivity contribution is -0.128. The fourth-order valence-electron chi connectivity index (χ4n) is 4.84. The van der Waals surface area contributed by atoms with Gasteiger partial charge in [0.05, 0.1) is 0 Å². The maximum absolute atomic E-state index is 14.0. The minimum absolute atomic E-state index is 0.00740. The van der Waals surface area contributed by atoms with Gasteiger partial charge in [0.1, 0.15) is 5.82 Å². The zero-order valence-electron chi connectivity index (χ0n) is 13.7. The standard InChI is InChI=1S/C19H24ClFN2O/c20-14-5-2-6-15(21)17(14)13-9-16(13)23-19(24)12-7-10-3-1-4-11(8-12)18(10)22/h2,5-6,10-13,16,18H,1,3-4,7-9,22H2,(H,23,24). The Balaban J connectivity index is 1.38. The number of hydrogen-bond donors (Lipinski definition) is 2. The summed E-state index contributed by atoms with van der Waals surface area (Å²) in [5, 5.41) is 3.58. The number of nitrogens with two attached hydrogens (primary N) is 1. The summed E-state index contributed by atoms with van der Waals surface area (Å²) in [5.74, 6) is 0.903. The lowest BCUT2D eigenvalue weighted by Gasteiger charge is -2.43. The largest absolute Gasteiger partial charge is 0.352 e. The van der Waals surface area contributed by atoms with Crippen LogP contribution >= 0.6 is 11.6 Å². The Hall–Kier alpha value is -1.13. The molecular weight excluding hydrogens is 327 g/mol. The van der Waals surface area contributed by atoms with E-state index in [9.17, 15) is 9.18 Å². The predicted octanol–water partition coefficient (Wildman–Crippen LogP) is 3.60. The molecule has 3 N–H and O–H groups in total. The summed E-state index contributed by atoms with van der Waals surface area (Å²) in [6.07, 6.45) is 6.12. The molecule has 1 aromatic rings. The van der Waals surface area contributed by atoms with Crippen molar-refractivity contribution in [2.24, 2.45) is 23.5 Å². The molecule has 4 atom stereocenters. The van der Waals surface area contributed by atoms with Crippen molar-refractivity contribution < 1.29 is 9.18 Å². The van der Waals surface area contributed by atoms with Gasteiger partial charge in [-0.1, -0.05) is 24.1 Å². The molecule has 0 heterocycles. The molecule has 24 heavy (non-hydrogen) atoms. The van der Waals surface area contributed by atoms with Crippen LogP contribution in [0.3, 0.4) is 0 Å². The fourth-order valence-corrected chi connectivity index (χ4v) is 5.15. The summed E-state index contributed by atoms with van der Waals surface area (Å²) < 4.78 is 14.0. The third kappa shape index (κ3) is 2.95. The van der Waals surface area contributed by atoms with Crippen molar-refractivity contribution >= 4 is 17.5 Å². The third-order valence-electron chi connectivity index (χ3n) is 6.27. The Labute approximate surface area is 147 Å². The van der Waals surface area contributed by atoms with Gasteiger partial charge < -0.3 is 11.1 Å². The molecule has 1 amide bonds. The number of rotatable bonds is 3. The van der Waals surface area contributed by atoms with Crippen molar-refractivity contribution in [2.45, 2.75) is 56.5 Å². The van der Waals surface area contributed by atoms with Crippen LogP contribution in [0, 0.1) is 23.6 Å². The third-order valence-corrected chi connectivity index (χ3v) is 6.60. The minimum atomic E-state index is -0.276. The van der Waals surface area contributed by atoms with Crippen LogP contribution in [-0.2, 0) is 4.79 Å². The summed E-state index contributed by atoms with van der Waals surface area (Å²) in [6.45, 7) is 0. The SMILES string of the molecule is NC1C2CCCC1CC(C(=O)NC1CC1c1c(F)cccc1Cl)C2. The van der Waals surface area contributed by atoms with E-state index in [1.54, 1.807) is 12.1 Å². The molecule has 0 saturated heterocycles. The monoisotopic (exact) mass is 350 g/mol. The average Bonchev–Trinajstić information content (AvgIpc) is 3.25. The number of benzene rings is 1. The Morgan fingerprint density at radius 1 is 1.21 bits per heavy atom. The van der Waals surface area contributed by atoms with Gasteiger partial charge in [-0.15, -0.1) is 0 Å². The second-order valence-corrected chi connectivity index (χ2v) is 8.20. The van der Waals surface area contributed by atoms with Crippen LogP contribution < -0.4 is 11.1 Å². The van der Waals surface area contributed by atoms with Gasteiger partial charge in [0.25, 0.3) is 0 Å². The van der Waals surface area contributed by atoms with Crippen LogP contribution in [0.5, 0.6) is 0 Å². The maximum Gasteiger partial charge on any atom is 0.223 e. The van der Waals surface area contributed by atoms with Gasteiger partial charge in [-0.05, 0) is 56.1 Å². The van der Waals surface area contributed by atoms with Gasteiger partial charge >= 0.3 is 0 Å². The van der Waals surface area contributed by atoms with Crippen LogP contribution in [0.4, 0.5) is 4.39 Å². The van der Waals surface area contributed by atoms with E-state index in [0.29, 0.717) is 22.4 Å². The first-order valence-electron chi connectivity index (χ1n) is 9.04. The molecule has 0 radical (unpaired) electrons. The molecule has 4 unspecified atom stereocenters. The first-order valence-corrected chi connectivity index (χ1v) is 9.42. The Kier molecular flexibility index (Phi) is 4.29. The van der Waals surface area contributed by atoms with Gasteiger partial charge in [0.2, 0.25) is 5.91 Å². The first-order chi connectivity index (χ1) is 11.5. The highest BCUT2D eigenvalue weighted by Crippen LogP contribution is 2.46. The van der Waals surface area contributed by atoms with Crippen LogP contribution in [0.2, 0.25) is 5.02 Å². The minimum Gasteiger partial charge on any atom is -0.352 e. The van der Waals surface area contributed by atoms with Crippen LogP contribution in [0.15, 0.2) is 18.2 Å². The van der Waals surface area contributed by atoms with Gasteiger partial charge in [-0.3, -0.25) is 4.79 Å². The first kappa shape index (κ1) is 16.3. The Morgan fingerprint density at radius 2 is 1.92 bits per heavy atom. The zero-order valence-corrected chi connectivity index (χ0v) is 14.4. The topological polar surface area (TPSA) is 55.1 Å². The molecule has 3 fully saturated rings. The van der Waals surface area contributed by atoms with E-state index >= 15 is 0 Å². The van der Waals surface area contributed by atoms with Gasteiger partial charge in [-0.2, -0.15) is 0 Å². The Bertz CT molecular complexity index is 618. The van der Waals surface area contributed by atoms with E-state index in [4.69, 9.17) is 17.3 Å². The van der Waals surface area contributed by atoms with Crippen molar-refractivity contribution in [3.05, 3.63) is 34.6 Å². The van der Waals surface area contributed by atoms with E-state index in [-0.39, 0.29) is 35.6 Å². The van der Waals surface area contributed by atoms with Crippen molar-refractivity contribution in [2.75, 3.05) is 0 Å². The number of nitrogens with one attached hydrogen (secondary N) is 1. The van der Waals surface area contributed by atoms with Crippen LogP contribution in [-0.4, -0.2) is 18.0 Å². The summed E-state index contributed by atoms with van der Waals surface area (Å²) in [4.78, 5) is 12.7. The van der Waals surface area contributed by atoms with Crippen LogP contribution in [0.25, 0.3) is 0 Å². The van der Waals surface area contributed by atoms with Crippen molar-refractivity contribution in [3.63, 3.8) is 0 Å². The van der Waals surface area contributed by atoms with Crippen molar-refractivity contribution in [1.29, 1.82) is 0 Å². The molecule has 1 aromatic carbocycles. The van der Waals surface area contributed by atoms with E-state index in [1.807, 2.05) is 0 Å². The number of hydrogen-bond acceptors (Lipinski definition) is 2. The molecule has 3 saturated carbocycles. The summed E-state index contributed by atoms with van der Waals surface area (Å²) in [5.41, 5.74) is 6.85. The molecule has 3 aliphatic rings. The van der Waals surface area contributed by atoms with Crippen molar-refractivity contribution in [1.82, 2.24) is 5.32 Å². The highest BCUT2D eigenvalue weighted by atomic mass is 35.5. The fraction of sp³-hybridized carbons (Fsp3) is 0.632. The zero-order chi connectivity index (χ0) is 16.8. The van der Waals surface area contributed by atoms with Gasteiger partial charge in [0.15, 0.2) is 0 Å². The molecule has 2 bridgehead atoms. The summed E-state index contributed by atoms with van der Waals surface area (Å²) in [6, 6.07) is 5.04. The van der Waals surface area contributed by atoms with E-state index in [1.165, 1.54) is 12.5 Å². The quantitative estimate of drug-likeness (QED) is 0.875. The average molecular weight is 351 g/mol. The predicted molar refractivity (Wildman–Crippen MR) is 92.2 cm³/mol. The van der Waals surface area contributed by atoms with E-state index in [0.717, 1.165) is 32.1 Å². The number of carbonyl (C=O) groups is 1. The lowest BCUT2D eigenvalue weighted by atomic mass is 9.65. The molecule has 0 aromatic heterocycles. The van der Waals surface area contributed by atoms with E-state index in [2.05, 4.69) is 5.32 Å². The molecule has 130 valence electrons. The van der Waals surface area contributed by atoms with Crippen LogP contribution in [0.1, 0.15) is 50.0 Å². The van der Waals surface area contributed by atoms with Gasteiger partial charge in [0, 0.05) is 34.5 Å². The molecule has 0 spiro atoms. The number of fused-ring (bicyclic) bond motifs is 2. The second-order valence-electron chi connectivity index (χ2n) is 7.79. The lowest BCUT2D eigenvalue weighted by Crippen LogP contribution is -2.49. The Morgan fingerprint density at radius 3 is 2.58 bits per heavy atom. The number of amides is 1. The molecule has 3 nitrogen and oxygen atoms in total. The highest BCUT2D eigenvalue weighted by Gasteiger charge is 2.45. The second kappa shape index (κ2) is 6.30. The maximum atomic E-state index is 14.0.